The topological polar surface area (TPSA) is 52.6 Å². The van der Waals surface area contributed by atoms with Gasteiger partial charge >= 0.3 is 5.97 Å². The Morgan fingerprint density at radius 3 is 2.74 bits per heavy atom. The van der Waals surface area contributed by atoms with Crippen LogP contribution in [-0.4, -0.2) is 47.7 Å². The highest BCUT2D eigenvalue weighted by atomic mass is 16.4. The second-order valence-electron chi connectivity index (χ2n) is 6.08. The summed E-state index contributed by atoms with van der Waals surface area (Å²) in [7, 11) is 1.73. The molecule has 4 heteroatoms. The van der Waals surface area contributed by atoms with Crippen molar-refractivity contribution in [2.24, 2.45) is 0 Å². The van der Waals surface area contributed by atoms with Crippen LogP contribution in [0.25, 0.3) is 0 Å². The first-order valence-corrected chi connectivity index (χ1v) is 7.66. The smallest absolute Gasteiger partial charge is 0.323 e. The third-order valence-corrected chi connectivity index (χ3v) is 4.59. The third kappa shape index (κ3) is 5.11. The number of carboxylic acid groups (broad SMARTS) is 1. The minimum atomic E-state index is -0.773. The quantitative estimate of drug-likeness (QED) is 0.698. The molecule has 2 N–H and O–H groups in total. The summed E-state index contributed by atoms with van der Waals surface area (Å²) in [4.78, 5) is 13.7. The first-order valence-electron chi connectivity index (χ1n) is 7.66. The van der Waals surface area contributed by atoms with Crippen LogP contribution in [0, 0.1) is 0 Å². The summed E-state index contributed by atoms with van der Waals surface area (Å²) in [6.45, 7) is 6.41. The van der Waals surface area contributed by atoms with Crippen molar-refractivity contribution < 1.29 is 9.90 Å². The Hall–Kier alpha value is -0.610. The molecule has 0 spiro atoms. The van der Waals surface area contributed by atoms with Crippen LogP contribution in [-0.2, 0) is 4.79 Å². The molecule has 19 heavy (non-hydrogen) atoms. The molecule has 0 radical (unpaired) electrons. The molecule has 0 aromatic heterocycles. The average molecular weight is 270 g/mol. The predicted molar refractivity (Wildman–Crippen MR) is 78.5 cm³/mol. The molecule has 1 rings (SSSR count). The van der Waals surface area contributed by atoms with E-state index < -0.39 is 11.5 Å². The van der Waals surface area contributed by atoms with Gasteiger partial charge in [0.05, 0.1) is 0 Å². The van der Waals surface area contributed by atoms with Gasteiger partial charge < -0.3 is 15.3 Å². The predicted octanol–water partition coefficient (Wildman–Crippen LogP) is 2.48. The molecule has 1 aliphatic rings. The van der Waals surface area contributed by atoms with E-state index >= 15 is 0 Å². The fourth-order valence-electron chi connectivity index (χ4n) is 2.80. The molecule has 1 fully saturated rings. The largest absolute Gasteiger partial charge is 0.480 e. The second-order valence-corrected chi connectivity index (χ2v) is 6.08. The van der Waals surface area contributed by atoms with Gasteiger partial charge in [0.15, 0.2) is 0 Å². The van der Waals surface area contributed by atoms with E-state index in [1.165, 1.54) is 32.2 Å². The molecular weight excluding hydrogens is 240 g/mol. The van der Waals surface area contributed by atoms with Crippen LogP contribution in [0.1, 0.15) is 58.8 Å². The van der Waals surface area contributed by atoms with Crippen LogP contribution in [0.4, 0.5) is 0 Å². The Bertz CT molecular complexity index is 283. The molecule has 2 unspecified atom stereocenters. The van der Waals surface area contributed by atoms with Gasteiger partial charge in [0, 0.05) is 6.04 Å². The molecule has 0 bridgehead atoms. The maximum absolute atomic E-state index is 11.2. The van der Waals surface area contributed by atoms with Crippen LogP contribution in [0.5, 0.6) is 0 Å². The Kier molecular flexibility index (Phi) is 6.80. The Balaban J connectivity index is 2.27. The Morgan fingerprint density at radius 1 is 1.37 bits per heavy atom. The van der Waals surface area contributed by atoms with Crippen molar-refractivity contribution in [2.45, 2.75) is 70.4 Å². The fraction of sp³-hybridized carbons (Fsp3) is 0.933. The lowest BCUT2D eigenvalue weighted by molar-refractivity contribution is -0.144. The molecule has 0 saturated carbocycles. The lowest BCUT2D eigenvalue weighted by atomic mass is 9.95. The summed E-state index contributed by atoms with van der Waals surface area (Å²) in [5.74, 6) is -0.752. The van der Waals surface area contributed by atoms with Crippen molar-refractivity contribution in [3.8, 4) is 0 Å². The summed E-state index contributed by atoms with van der Waals surface area (Å²) < 4.78 is 0. The number of likely N-dealkylation sites (N-methyl/N-ethyl adjacent to an activating group) is 1. The minimum absolute atomic E-state index is 0.692. The maximum atomic E-state index is 11.2. The number of hydrogen-bond donors (Lipinski definition) is 2. The highest BCUT2D eigenvalue weighted by Gasteiger charge is 2.30. The van der Waals surface area contributed by atoms with Gasteiger partial charge in [0.1, 0.15) is 5.54 Å². The number of carbonyl (C=O) groups is 1. The molecule has 0 aromatic carbocycles. The van der Waals surface area contributed by atoms with E-state index in [1.54, 1.807) is 14.0 Å². The number of nitrogens with zero attached hydrogens (tertiary/aromatic N) is 1. The molecule has 0 aliphatic carbocycles. The maximum Gasteiger partial charge on any atom is 0.323 e. The zero-order valence-corrected chi connectivity index (χ0v) is 12.7. The number of likely N-dealkylation sites (tertiary alicyclic amines) is 1. The van der Waals surface area contributed by atoms with Gasteiger partial charge in [-0.05, 0) is 66.1 Å². The van der Waals surface area contributed by atoms with E-state index in [4.69, 9.17) is 0 Å². The molecule has 112 valence electrons. The van der Waals surface area contributed by atoms with Gasteiger partial charge in [0.25, 0.3) is 0 Å². The first kappa shape index (κ1) is 16.4. The number of nitrogens with one attached hydrogen (secondary N) is 1. The van der Waals surface area contributed by atoms with Crippen molar-refractivity contribution >= 4 is 5.97 Å². The van der Waals surface area contributed by atoms with Gasteiger partial charge in [-0.25, -0.2) is 0 Å². The number of rotatable bonds is 7. The lowest BCUT2D eigenvalue weighted by Gasteiger charge is -2.28. The Labute approximate surface area is 117 Å². The molecule has 2 atom stereocenters. The summed E-state index contributed by atoms with van der Waals surface area (Å²) in [6.07, 6.45) is 8.09. The highest BCUT2D eigenvalue weighted by molar-refractivity contribution is 5.78. The second kappa shape index (κ2) is 7.85. The average Bonchev–Trinajstić information content (AvgIpc) is 2.59. The number of unbranched alkanes of at least 4 members (excludes halogenated alkanes) is 1. The van der Waals surface area contributed by atoms with Crippen molar-refractivity contribution in [1.82, 2.24) is 10.2 Å². The molecule has 0 aromatic rings. The van der Waals surface area contributed by atoms with Gasteiger partial charge in [0.2, 0.25) is 0 Å². The molecular formula is C15H30N2O2. The minimum Gasteiger partial charge on any atom is -0.480 e. The molecule has 1 aliphatic heterocycles. The van der Waals surface area contributed by atoms with Gasteiger partial charge in [-0.15, -0.1) is 0 Å². The van der Waals surface area contributed by atoms with Crippen molar-refractivity contribution in [3.63, 3.8) is 0 Å². The van der Waals surface area contributed by atoms with Gasteiger partial charge in [-0.2, -0.15) is 0 Å². The van der Waals surface area contributed by atoms with Gasteiger partial charge in [-0.3, -0.25) is 4.79 Å². The third-order valence-electron chi connectivity index (χ3n) is 4.59. The number of carboxylic acids is 1. The van der Waals surface area contributed by atoms with E-state index in [9.17, 15) is 9.90 Å². The van der Waals surface area contributed by atoms with E-state index in [2.05, 4.69) is 17.1 Å². The van der Waals surface area contributed by atoms with E-state index in [0.717, 1.165) is 19.4 Å². The lowest BCUT2D eigenvalue weighted by Crippen LogP contribution is -2.47. The van der Waals surface area contributed by atoms with E-state index in [-0.39, 0.29) is 0 Å². The summed E-state index contributed by atoms with van der Waals surface area (Å²) in [5, 5.41) is 12.1. The molecule has 4 nitrogen and oxygen atoms in total. The van der Waals surface area contributed by atoms with Crippen molar-refractivity contribution in [3.05, 3.63) is 0 Å². The number of hydrogen-bond acceptors (Lipinski definition) is 3. The fourth-order valence-corrected chi connectivity index (χ4v) is 2.80. The highest BCUT2D eigenvalue weighted by Crippen LogP contribution is 2.18. The summed E-state index contributed by atoms with van der Waals surface area (Å²) in [6, 6.07) is 0.692. The van der Waals surface area contributed by atoms with Crippen LogP contribution in [0.2, 0.25) is 0 Å². The monoisotopic (exact) mass is 270 g/mol. The molecule has 1 saturated heterocycles. The van der Waals surface area contributed by atoms with Crippen LogP contribution in [0.15, 0.2) is 0 Å². The van der Waals surface area contributed by atoms with E-state index in [1.807, 2.05) is 0 Å². The van der Waals surface area contributed by atoms with E-state index in [0.29, 0.717) is 12.5 Å². The Morgan fingerprint density at radius 2 is 2.11 bits per heavy atom. The zero-order valence-electron chi connectivity index (χ0n) is 12.7. The zero-order chi connectivity index (χ0) is 14.3. The molecule has 0 amide bonds. The van der Waals surface area contributed by atoms with Crippen LogP contribution in [0.3, 0.4) is 0 Å². The van der Waals surface area contributed by atoms with Crippen molar-refractivity contribution in [1.29, 1.82) is 0 Å². The normalized spacial score (nSPS) is 24.7. The van der Waals surface area contributed by atoms with Crippen molar-refractivity contribution in [2.75, 3.05) is 20.1 Å². The van der Waals surface area contributed by atoms with Gasteiger partial charge in [-0.1, -0.05) is 12.8 Å². The standard InChI is InChI=1S/C15H30N2O2/c1-13-9-5-4-7-11-17(13)12-8-6-10-15(2,16-3)14(18)19/h13,16H,4-12H2,1-3H3,(H,18,19). The first-order chi connectivity index (χ1) is 8.99. The summed E-state index contributed by atoms with van der Waals surface area (Å²) in [5.41, 5.74) is -0.773. The van der Waals surface area contributed by atoms with Crippen LogP contribution < -0.4 is 5.32 Å². The molecule has 1 heterocycles. The van der Waals surface area contributed by atoms with Crippen LogP contribution >= 0.6 is 0 Å². The SMILES string of the molecule is CNC(C)(CCCCN1CCCCCC1C)C(=O)O. The number of aliphatic carboxylic acids is 1. The summed E-state index contributed by atoms with van der Waals surface area (Å²) >= 11 is 0.